The summed E-state index contributed by atoms with van der Waals surface area (Å²) in [4.78, 5) is 12.3. The number of piperidine rings is 1. The zero-order valence-electron chi connectivity index (χ0n) is 14.2. The minimum Gasteiger partial charge on any atom is -0.496 e. The third kappa shape index (κ3) is 4.01. The van der Waals surface area contributed by atoms with Crippen LogP contribution in [0.2, 0.25) is 0 Å². The number of rotatable bonds is 5. The molecule has 1 aromatic carbocycles. The molecule has 0 radical (unpaired) electrons. The van der Waals surface area contributed by atoms with Crippen molar-refractivity contribution in [1.29, 1.82) is 0 Å². The van der Waals surface area contributed by atoms with Crippen LogP contribution in [0.25, 0.3) is 0 Å². The summed E-state index contributed by atoms with van der Waals surface area (Å²) in [6.45, 7) is 8.34. The molecule has 0 bridgehead atoms. The Labute approximate surface area is 133 Å². The number of benzene rings is 1. The van der Waals surface area contributed by atoms with Crippen LogP contribution in [0.1, 0.15) is 37.3 Å². The van der Waals surface area contributed by atoms with Gasteiger partial charge in [-0.05, 0) is 63.2 Å². The lowest BCUT2D eigenvalue weighted by molar-refractivity contribution is -0.117. The van der Waals surface area contributed by atoms with Gasteiger partial charge in [-0.25, -0.2) is 0 Å². The number of carbonyl (C=O) groups is 1. The second-order valence-electron chi connectivity index (χ2n) is 6.41. The number of hydrogen-bond donors (Lipinski definition) is 2. The Kier molecular flexibility index (Phi) is 5.83. The molecule has 0 spiro atoms. The van der Waals surface area contributed by atoms with E-state index in [2.05, 4.69) is 17.6 Å². The van der Waals surface area contributed by atoms with Gasteiger partial charge in [-0.3, -0.25) is 4.79 Å². The fraction of sp³-hybridized carbons (Fsp3) is 0.611. The molecule has 1 aliphatic rings. The van der Waals surface area contributed by atoms with Gasteiger partial charge >= 0.3 is 0 Å². The topological polar surface area (TPSA) is 50.4 Å². The van der Waals surface area contributed by atoms with E-state index in [1.807, 2.05) is 26.0 Å². The SMILES string of the molecule is COc1c(C)ccc(NC(=O)CC(C)C2CCNCC2)c1C. The van der Waals surface area contributed by atoms with Crippen molar-refractivity contribution in [3.05, 3.63) is 23.3 Å². The lowest BCUT2D eigenvalue weighted by atomic mass is 9.84. The number of nitrogens with one attached hydrogen (secondary N) is 2. The first-order chi connectivity index (χ1) is 10.5. The molecule has 1 amide bonds. The molecule has 0 aliphatic carbocycles. The molecule has 1 aliphatic heterocycles. The quantitative estimate of drug-likeness (QED) is 0.878. The molecular weight excluding hydrogens is 276 g/mol. The molecule has 1 heterocycles. The van der Waals surface area contributed by atoms with Crippen LogP contribution >= 0.6 is 0 Å². The van der Waals surface area contributed by atoms with E-state index in [4.69, 9.17) is 4.74 Å². The van der Waals surface area contributed by atoms with Crippen LogP contribution in [0.15, 0.2) is 12.1 Å². The van der Waals surface area contributed by atoms with Crippen molar-refractivity contribution in [2.75, 3.05) is 25.5 Å². The van der Waals surface area contributed by atoms with Crippen LogP contribution in [-0.2, 0) is 4.79 Å². The molecule has 2 rings (SSSR count). The van der Waals surface area contributed by atoms with E-state index in [1.54, 1.807) is 7.11 Å². The summed E-state index contributed by atoms with van der Waals surface area (Å²) in [5, 5.41) is 6.42. The third-order valence-corrected chi connectivity index (χ3v) is 4.78. The van der Waals surface area contributed by atoms with E-state index >= 15 is 0 Å². The smallest absolute Gasteiger partial charge is 0.224 e. The number of amides is 1. The first kappa shape index (κ1) is 16.8. The van der Waals surface area contributed by atoms with E-state index < -0.39 is 0 Å². The Morgan fingerprint density at radius 1 is 1.36 bits per heavy atom. The minimum atomic E-state index is 0.0973. The number of carbonyl (C=O) groups excluding carboxylic acids is 1. The molecule has 1 fully saturated rings. The number of aryl methyl sites for hydroxylation is 1. The molecular formula is C18H28N2O2. The Balaban J connectivity index is 1.97. The Hall–Kier alpha value is -1.55. The third-order valence-electron chi connectivity index (χ3n) is 4.78. The van der Waals surface area contributed by atoms with Gasteiger partial charge in [0.2, 0.25) is 5.91 Å². The fourth-order valence-corrected chi connectivity index (χ4v) is 3.35. The summed E-state index contributed by atoms with van der Waals surface area (Å²) in [6.07, 6.45) is 2.93. The highest BCUT2D eigenvalue weighted by Gasteiger charge is 2.22. The van der Waals surface area contributed by atoms with E-state index in [-0.39, 0.29) is 5.91 Å². The molecule has 2 N–H and O–H groups in total. The van der Waals surface area contributed by atoms with E-state index in [0.29, 0.717) is 18.3 Å². The Morgan fingerprint density at radius 3 is 2.68 bits per heavy atom. The zero-order valence-corrected chi connectivity index (χ0v) is 14.2. The monoisotopic (exact) mass is 304 g/mol. The van der Waals surface area contributed by atoms with E-state index in [9.17, 15) is 4.79 Å². The summed E-state index contributed by atoms with van der Waals surface area (Å²) >= 11 is 0. The van der Waals surface area contributed by atoms with Gasteiger partial charge in [0.05, 0.1) is 7.11 Å². The normalized spacial score (nSPS) is 17.1. The van der Waals surface area contributed by atoms with Gasteiger partial charge in [0.25, 0.3) is 0 Å². The van der Waals surface area contributed by atoms with Crippen molar-refractivity contribution in [3.63, 3.8) is 0 Å². The van der Waals surface area contributed by atoms with Crippen molar-refractivity contribution in [2.24, 2.45) is 11.8 Å². The fourth-order valence-electron chi connectivity index (χ4n) is 3.35. The predicted octanol–water partition coefficient (Wildman–Crippen LogP) is 3.28. The van der Waals surface area contributed by atoms with Crippen LogP contribution in [0.5, 0.6) is 5.75 Å². The van der Waals surface area contributed by atoms with E-state index in [1.165, 1.54) is 12.8 Å². The number of anilines is 1. The summed E-state index contributed by atoms with van der Waals surface area (Å²) in [5.74, 6) is 2.03. The molecule has 1 atom stereocenters. The Bertz CT molecular complexity index is 522. The number of hydrogen-bond acceptors (Lipinski definition) is 3. The molecule has 4 heteroatoms. The summed E-state index contributed by atoms with van der Waals surface area (Å²) in [6, 6.07) is 3.94. The Morgan fingerprint density at radius 2 is 2.05 bits per heavy atom. The summed E-state index contributed by atoms with van der Waals surface area (Å²) in [7, 11) is 1.67. The van der Waals surface area contributed by atoms with Gasteiger partial charge in [-0.1, -0.05) is 13.0 Å². The van der Waals surface area contributed by atoms with Gasteiger partial charge in [0.1, 0.15) is 5.75 Å². The highest BCUT2D eigenvalue weighted by atomic mass is 16.5. The summed E-state index contributed by atoms with van der Waals surface area (Å²) < 4.78 is 5.42. The average molecular weight is 304 g/mol. The molecule has 0 saturated carbocycles. The second kappa shape index (κ2) is 7.63. The lowest BCUT2D eigenvalue weighted by Crippen LogP contribution is -2.32. The van der Waals surface area contributed by atoms with Crippen LogP contribution in [0.3, 0.4) is 0 Å². The average Bonchev–Trinajstić information content (AvgIpc) is 2.51. The van der Waals surface area contributed by atoms with Gasteiger partial charge < -0.3 is 15.4 Å². The van der Waals surface area contributed by atoms with Crippen molar-refractivity contribution >= 4 is 11.6 Å². The summed E-state index contributed by atoms with van der Waals surface area (Å²) in [5.41, 5.74) is 2.93. The highest BCUT2D eigenvalue weighted by Crippen LogP contribution is 2.30. The molecule has 4 nitrogen and oxygen atoms in total. The van der Waals surface area contributed by atoms with Crippen molar-refractivity contribution in [2.45, 2.75) is 40.0 Å². The largest absolute Gasteiger partial charge is 0.496 e. The zero-order chi connectivity index (χ0) is 16.1. The van der Waals surface area contributed by atoms with Crippen LogP contribution in [0.4, 0.5) is 5.69 Å². The highest BCUT2D eigenvalue weighted by molar-refractivity contribution is 5.92. The minimum absolute atomic E-state index is 0.0973. The molecule has 22 heavy (non-hydrogen) atoms. The maximum atomic E-state index is 12.3. The van der Waals surface area contributed by atoms with Gasteiger partial charge in [0, 0.05) is 17.7 Å². The first-order valence-corrected chi connectivity index (χ1v) is 8.17. The number of methoxy groups -OCH3 is 1. The molecule has 0 aromatic heterocycles. The predicted molar refractivity (Wildman–Crippen MR) is 90.5 cm³/mol. The maximum Gasteiger partial charge on any atom is 0.224 e. The molecule has 1 unspecified atom stereocenters. The first-order valence-electron chi connectivity index (χ1n) is 8.17. The maximum absolute atomic E-state index is 12.3. The molecule has 122 valence electrons. The van der Waals surface area contributed by atoms with Crippen LogP contribution in [-0.4, -0.2) is 26.1 Å². The number of ether oxygens (including phenoxy) is 1. The van der Waals surface area contributed by atoms with Gasteiger partial charge in [-0.2, -0.15) is 0 Å². The molecule has 1 aromatic rings. The van der Waals surface area contributed by atoms with Crippen molar-refractivity contribution in [3.8, 4) is 5.75 Å². The van der Waals surface area contributed by atoms with Crippen LogP contribution < -0.4 is 15.4 Å². The lowest BCUT2D eigenvalue weighted by Gasteiger charge is -2.28. The second-order valence-corrected chi connectivity index (χ2v) is 6.41. The van der Waals surface area contributed by atoms with Crippen molar-refractivity contribution < 1.29 is 9.53 Å². The van der Waals surface area contributed by atoms with Gasteiger partial charge in [0.15, 0.2) is 0 Å². The molecule has 1 saturated heterocycles. The van der Waals surface area contributed by atoms with Crippen molar-refractivity contribution in [1.82, 2.24) is 5.32 Å². The van der Waals surface area contributed by atoms with Crippen LogP contribution in [0, 0.1) is 25.7 Å². The van der Waals surface area contributed by atoms with Gasteiger partial charge in [-0.15, -0.1) is 0 Å². The standard InChI is InChI=1S/C18H28N2O2/c1-12-5-6-16(14(3)18(12)22-4)20-17(21)11-13(2)15-7-9-19-10-8-15/h5-6,13,15,19H,7-11H2,1-4H3,(H,20,21). The van der Waals surface area contributed by atoms with E-state index in [0.717, 1.165) is 35.7 Å².